The molecule has 0 radical (unpaired) electrons. The molecule has 0 fully saturated rings. The first-order chi connectivity index (χ1) is 19.7. The Morgan fingerprint density at radius 1 is 1.07 bits per heavy atom. The lowest BCUT2D eigenvalue weighted by Crippen LogP contribution is -2.51. The van der Waals surface area contributed by atoms with Crippen molar-refractivity contribution < 1.29 is 32.7 Å². The normalized spacial score (nSPS) is 12.6. The van der Waals surface area contributed by atoms with E-state index < -0.39 is 58.6 Å². The van der Waals surface area contributed by atoms with Crippen molar-refractivity contribution in [1.29, 1.82) is 0 Å². The van der Waals surface area contributed by atoms with Crippen LogP contribution in [0.25, 0.3) is 10.8 Å². The van der Waals surface area contributed by atoms with Crippen LogP contribution in [0.2, 0.25) is 0 Å². The highest BCUT2D eigenvalue weighted by Gasteiger charge is 2.27. The highest BCUT2D eigenvalue weighted by molar-refractivity contribution is 7.89. The van der Waals surface area contributed by atoms with Gasteiger partial charge in [-0.2, -0.15) is 4.72 Å². The molecular weight excluding hydrogens is 590 g/mol. The summed E-state index contributed by atoms with van der Waals surface area (Å²) in [6.07, 6.45) is -0.343. The van der Waals surface area contributed by atoms with Crippen LogP contribution in [0, 0.1) is 0 Å². The van der Waals surface area contributed by atoms with Gasteiger partial charge in [-0.1, -0.05) is 18.2 Å². The van der Waals surface area contributed by atoms with E-state index in [1.807, 2.05) is 25.1 Å². The second-order valence-electron chi connectivity index (χ2n) is 9.55. The molecule has 0 saturated heterocycles. The Balaban J connectivity index is 2.13. The molecule has 0 saturated carbocycles. The van der Waals surface area contributed by atoms with E-state index in [1.165, 1.54) is 12.1 Å². The Morgan fingerprint density at radius 2 is 1.79 bits per heavy atom. The Bertz CT molecular complexity index is 1430. The molecule has 2 aromatic carbocycles. The van der Waals surface area contributed by atoms with Crippen molar-refractivity contribution in [1.82, 2.24) is 15.4 Å². The van der Waals surface area contributed by atoms with E-state index in [2.05, 4.69) is 20.3 Å². The maximum atomic E-state index is 13.2. The van der Waals surface area contributed by atoms with Crippen LogP contribution in [-0.4, -0.2) is 88.2 Å². The SMILES string of the molecule is CN(C)c1cccc2cc(S(=O)(=O)NC(CCC(=O)O)C(=O)NCC(=O)NC(CCCN=C(N)N)C(=O)CCl)ccc12. The van der Waals surface area contributed by atoms with Crippen LogP contribution in [-0.2, 0) is 29.2 Å². The van der Waals surface area contributed by atoms with Gasteiger partial charge in [-0.05, 0) is 42.8 Å². The van der Waals surface area contributed by atoms with Crippen LogP contribution in [0.15, 0.2) is 46.3 Å². The third-order valence-electron chi connectivity index (χ3n) is 6.11. The Kier molecular flexibility index (Phi) is 13.0. The number of hydrogen-bond acceptors (Lipinski definition) is 8. The molecule has 42 heavy (non-hydrogen) atoms. The molecule has 0 heterocycles. The minimum Gasteiger partial charge on any atom is -0.481 e. The van der Waals surface area contributed by atoms with E-state index in [0.717, 1.165) is 11.1 Å². The number of fused-ring (bicyclic) bond motifs is 1. The first-order valence-electron chi connectivity index (χ1n) is 12.9. The average Bonchev–Trinajstić information content (AvgIpc) is 2.94. The van der Waals surface area contributed by atoms with Gasteiger partial charge < -0.3 is 32.1 Å². The van der Waals surface area contributed by atoms with Crippen LogP contribution < -0.4 is 31.7 Å². The molecule has 14 nitrogen and oxygen atoms in total. The van der Waals surface area contributed by atoms with E-state index in [4.69, 9.17) is 28.2 Å². The van der Waals surface area contributed by atoms with Gasteiger partial charge in [0, 0.05) is 38.1 Å². The van der Waals surface area contributed by atoms with Gasteiger partial charge in [0.1, 0.15) is 6.04 Å². The van der Waals surface area contributed by atoms with Gasteiger partial charge >= 0.3 is 5.97 Å². The molecule has 2 aromatic rings. The van der Waals surface area contributed by atoms with Crippen LogP contribution >= 0.6 is 11.6 Å². The summed E-state index contributed by atoms with van der Waals surface area (Å²) in [6, 6.07) is 7.45. The number of nitrogens with zero attached hydrogens (tertiary/aromatic N) is 2. The molecule has 0 spiro atoms. The summed E-state index contributed by atoms with van der Waals surface area (Å²) in [6.45, 7) is -0.381. The van der Waals surface area contributed by atoms with Crippen molar-refractivity contribution in [3.8, 4) is 0 Å². The number of halogens is 1. The highest BCUT2D eigenvalue weighted by atomic mass is 35.5. The van der Waals surface area contributed by atoms with Gasteiger partial charge in [0.15, 0.2) is 11.7 Å². The number of sulfonamides is 1. The fraction of sp³-hybridized carbons (Fsp3) is 0.423. The number of aliphatic carboxylic acids is 1. The quantitative estimate of drug-likeness (QED) is 0.0591. The van der Waals surface area contributed by atoms with Gasteiger partial charge in [-0.3, -0.25) is 24.2 Å². The summed E-state index contributed by atoms with van der Waals surface area (Å²) in [5, 5.41) is 15.3. The van der Waals surface area contributed by atoms with Gasteiger partial charge in [0.2, 0.25) is 21.8 Å². The number of carbonyl (C=O) groups is 4. The Labute approximate surface area is 248 Å². The second-order valence-corrected chi connectivity index (χ2v) is 11.5. The van der Waals surface area contributed by atoms with E-state index in [9.17, 15) is 27.6 Å². The van der Waals surface area contributed by atoms with Gasteiger partial charge in [0.25, 0.3) is 0 Å². The number of anilines is 1. The summed E-state index contributed by atoms with van der Waals surface area (Å²) in [5.41, 5.74) is 11.4. The van der Waals surface area contributed by atoms with Crippen molar-refractivity contribution in [2.75, 3.05) is 38.0 Å². The van der Waals surface area contributed by atoms with Crippen molar-refractivity contribution in [2.24, 2.45) is 16.5 Å². The highest BCUT2D eigenvalue weighted by Crippen LogP contribution is 2.27. The number of nitrogens with two attached hydrogens (primary N) is 2. The van der Waals surface area contributed by atoms with Crippen LogP contribution in [0.5, 0.6) is 0 Å². The third kappa shape index (κ3) is 10.5. The Morgan fingerprint density at radius 3 is 2.40 bits per heavy atom. The van der Waals surface area contributed by atoms with Gasteiger partial charge in [-0.15, -0.1) is 11.6 Å². The molecule has 2 unspecified atom stereocenters. The minimum absolute atomic E-state index is 0.117. The predicted octanol–water partition coefficient (Wildman–Crippen LogP) is -0.120. The molecular formula is C26H36ClN7O7S. The fourth-order valence-electron chi connectivity index (χ4n) is 4.01. The minimum atomic E-state index is -4.27. The number of benzene rings is 2. The molecule has 0 aliphatic carbocycles. The largest absolute Gasteiger partial charge is 0.481 e. The number of ketones is 1. The molecule has 8 N–H and O–H groups in total. The van der Waals surface area contributed by atoms with E-state index in [-0.39, 0.29) is 36.1 Å². The predicted molar refractivity (Wildman–Crippen MR) is 160 cm³/mol. The van der Waals surface area contributed by atoms with Crippen molar-refractivity contribution in [2.45, 2.75) is 42.7 Å². The average molecular weight is 626 g/mol. The zero-order valence-electron chi connectivity index (χ0n) is 23.3. The first-order valence-corrected chi connectivity index (χ1v) is 14.9. The molecule has 0 aliphatic rings. The number of hydrogen-bond donors (Lipinski definition) is 6. The van der Waals surface area contributed by atoms with E-state index >= 15 is 0 Å². The molecule has 0 bridgehead atoms. The summed E-state index contributed by atoms with van der Waals surface area (Å²) >= 11 is 5.64. The van der Waals surface area contributed by atoms with Crippen LogP contribution in [0.4, 0.5) is 5.69 Å². The lowest BCUT2D eigenvalue weighted by Gasteiger charge is -2.20. The number of carboxylic acids is 1. The molecule has 230 valence electrons. The standard InChI is InChI=1S/C26H36ClN7O7S/c1-34(2)21-7-3-5-16-13-17(8-9-18(16)21)42(40,41)33-20(10-11-24(37)38)25(39)31-15-23(36)32-19(22(35)14-27)6-4-12-30-26(28)29/h3,5,7-9,13,19-20,33H,4,6,10-12,14-15H2,1-2H3,(H,31,39)(H,32,36)(H,37,38)(H4,28,29,30). The van der Waals surface area contributed by atoms with Crippen LogP contribution in [0.3, 0.4) is 0 Å². The van der Waals surface area contributed by atoms with E-state index in [1.54, 1.807) is 18.2 Å². The van der Waals surface area contributed by atoms with Crippen molar-refractivity contribution >= 4 is 67.6 Å². The summed E-state index contributed by atoms with van der Waals surface area (Å²) in [4.78, 5) is 54.3. The van der Waals surface area contributed by atoms with Gasteiger partial charge in [-0.25, -0.2) is 8.42 Å². The number of rotatable bonds is 17. The second kappa shape index (κ2) is 15.9. The molecule has 2 rings (SSSR count). The lowest BCUT2D eigenvalue weighted by atomic mass is 10.1. The number of aliphatic imine (C=N–C) groups is 1. The number of carboxylic acid groups (broad SMARTS) is 1. The smallest absolute Gasteiger partial charge is 0.303 e. The van der Waals surface area contributed by atoms with E-state index in [0.29, 0.717) is 11.8 Å². The zero-order chi connectivity index (χ0) is 31.4. The molecule has 0 aromatic heterocycles. The summed E-state index contributed by atoms with van der Waals surface area (Å²) in [7, 11) is -0.556. The Hall–Kier alpha value is -3.95. The lowest BCUT2D eigenvalue weighted by molar-refractivity contribution is -0.137. The zero-order valence-corrected chi connectivity index (χ0v) is 24.9. The summed E-state index contributed by atoms with van der Waals surface area (Å²) < 4.78 is 28.7. The summed E-state index contributed by atoms with van der Waals surface area (Å²) in [5.74, 6) is -3.83. The number of carbonyl (C=O) groups excluding carboxylic acids is 3. The monoisotopic (exact) mass is 625 g/mol. The number of Topliss-reactive ketones (excluding diaryl/α,β-unsaturated/α-hetero) is 1. The number of amides is 2. The van der Waals surface area contributed by atoms with Crippen molar-refractivity contribution in [3.05, 3.63) is 36.4 Å². The van der Waals surface area contributed by atoms with Crippen LogP contribution in [0.1, 0.15) is 25.7 Å². The molecule has 2 atom stereocenters. The molecule has 2 amide bonds. The third-order valence-corrected chi connectivity index (χ3v) is 7.84. The number of guanidine groups is 1. The van der Waals surface area contributed by atoms with Gasteiger partial charge in [0.05, 0.1) is 23.4 Å². The maximum Gasteiger partial charge on any atom is 0.303 e. The number of alkyl halides is 1. The maximum absolute atomic E-state index is 13.2. The topological polar surface area (TPSA) is 226 Å². The molecule has 0 aliphatic heterocycles. The molecule has 16 heteroatoms. The van der Waals surface area contributed by atoms with Crippen molar-refractivity contribution in [3.63, 3.8) is 0 Å². The first kappa shape index (κ1) is 34.3. The fourth-order valence-corrected chi connectivity index (χ4v) is 5.47. The number of nitrogens with one attached hydrogen (secondary N) is 3.